The van der Waals surface area contributed by atoms with E-state index in [2.05, 4.69) is 15.3 Å². The second-order valence-corrected chi connectivity index (χ2v) is 5.20. The third-order valence-electron chi connectivity index (χ3n) is 4.04. The van der Waals surface area contributed by atoms with Gasteiger partial charge < -0.3 is 9.73 Å². The molecule has 3 rings (SSSR count). The van der Waals surface area contributed by atoms with E-state index in [1.54, 1.807) is 6.20 Å². The first-order valence-electron chi connectivity index (χ1n) is 6.71. The molecule has 1 fully saturated rings. The predicted octanol–water partition coefficient (Wildman–Crippen LogP) is 2.69. The zero-order chi connectivity index (χ0) is 12.4. The fourth-order valence-electron chi connectivity index (χ4n) is 2.92. The van der Waals surface area contributed by atoms with Gasteiger partial charge in [0.2, 0.25) is 0 Å². The van der Waals surface area contributed by atoms with E-state index < -0.39 is 0 Å². The van der Waals surface area contributed by atoms with Crippen molar-refractivity contribution in [1.29, 1.82) is 0 Å². The topological polar surface area (TPSA) is 51.0 Å². The molecule has 0 spiro atoms. The van der Waals surface area contributed by atoms with Crippen LogP contribution in [0.25, 0.3) is 11.2 Å². The first kappa shape index (κ1) is 11.7. The van der Waals surface area contributed by atoms with Crippen LogP contribution >= 0.6 is 0 Å². The second-order valence-electron chi connectivity index (χ2n) is 5.20. The maximum absolute atomic E-state index is 5.78. The Morgan fingerprint density at radius 1 is 1.33 bits per heavy atom. The Hall–Kier alpha value is -1.42. The average molecular weight is 245 g/mol. The fourth-order valence-corrected chi connectivity index (χ4v) is 2.92. The van der Waals surface area contributed by atoms with Crippen LogP contribution in [0, 0.1) is 0 Å². The lowest BCUT2D eigenvalue weighted by Gasteiger charge is -2.36. The third-order valence-corrected chi connectivity index (χ3v) is 4.04. The largest absolute Gasteiger partial charge is 0.439 e. The Labute approximate surface area is 107 Å². The molecule has 0 atom stereocenters. The molecule has 4 nitrogen and oxygen atoms in total. The molecule has 0 unspecified atom stereocenters. The van der Waals surface area contributed by atoms with Crippen LogP contribution in [0.5, 0.6) is 0 Å². The molecule has 18 heavy (non-hydrogen) atoms. The predicted molar refractivity (Wildman–Crippen MR) is 70.4 cm³/mol. The highest BCUT2D eigenvalue weighted by atomic mass is 16.3. The van der Waals surface area contributed by atoms with Gasteiger partial charge in [-0.3, -0.25) is 0 Å². The minimum atomic E-state index is 0.166. The molecule has 0 aromatic carbocycles. The molecule has 0 saturated heterocycles. The zero-order valence-corrected chi connectivity index (χ0v) is 10.8. The van der Waals surface area contributed by atoms with Crippen molar-refractivity contribution in [2.75, 3.05) is 7.05 Å². The van der Waals surface area contributed by atoms with Crippen LogP contribution < -0.4 is 5.32 Å². The quantitative estimate of drug-likeness (QED) is 0.903. The van der Waals surface area contributed by atoms with E-state index in [1.165, 1.54) is 32.1 Å². The van der Waals surface area contributed by atoms with Gasteiger partial charge in [-0.05, 0) is 32.0 Å². The summed E-state index contributed by atoms with van der Waals surface area (Å²) in [5, 5.41) is 3.49. The van der Waals surface area contributed by atoms with Crippen molar-refractivity contribution >= 4 is 11.2 Å². The SMILES string of the molecule is CNC1(Cc2nc3ncccc3o2)CCCCC1. The summed E-state index contributed by atoms with van der Waals surface area (Å²) in [7, 11) is 2.05. The van der Waals surface area contributed by atoms with E-state index in [9.17, 15) is 0 Å². The van der Waals surface area contributed by atoms with Crippen LogP contribution in [0.1, 0.15) is 38.0 Å². The summed E-state index contributed by atoms with van der Waals surface area (Å²) in [4.78, 5) is 8.70. The van der Waals surface area contributed by atoms with E-state index in [0.717, 1.165) is 23.5 Å². The number of fused-ring (bicyclic) bond motifs is 1. The van der Waals surface area contributed by atoms with Gasteiger partial charge in [0, 0.05) is 18.2 Å². The fraction of sp³-hybridized carbons (Fsp3) is 0.571. The molecule has 2 aromatic heterocycles. The molecule has 1 N–H and O–H groups in total. The maximum atomic E-state index is 5.78. The van der Waals surface area contributed by atoms with Gasteiger partial charge in [-0.2, -0.15) is 4.98 Å². The van der Waals surface area contributed by atoms with Crippen LogP contribution in [0.2, 0.25) is 0 Å². The van der Waals surface area contributed by atoms with Crippen molar-refractivity contribution in [3.8, 4) is 0 Å². The number of pyridine rings is 1. The first-order chi connectivity index (χ1) is 8.81. The molecule has 0 amide bonds. The van der Waals surface area contributed by atoms with Crippen molar-refractivity contribution in [2.45, 2.75) is 44.1 Å². The molecule has 1 aliphatic rings. The normalized spacial score (nSPS) is 19.2. The number of hydrogen-bond acceptors (Lipinski definition) is 4. The van der Waals surface area contributed by atoms with Crippen molar-refractivity contribution in [2.24, 2.45) is 0 Å². The number of oxazole rings is 1. The third kappa shape index (κ3) is 2.12. The molecule has 0 bridgehead atoms. The molecule has 0 aliphatic heterocycles. The Kier molecular flexibility index (Phi) is 3.04. The lowest BCUT2D eigenvalue weighted by Crippen LogP contribution is -2.46. The zero-order valence-electron chi connectivity index (χ0n) is 10.8. The van der Waals surface area contributed by atoms with Gasteiger partial charge in [0.05, 0.1) is 0 Å². The van der Waals surface area contributed by atoms with Gasteiger partial charge in [-0.1, -0.05) is 19.3 Å². The number of likely N-dealkylation sites (N-methyl/N-ethyl adjacent to an activating group) is 1. The van der Waals surface area contributed by atoms with Gasteiger partial charge in [0.1, 0.15) is 0 Å². The molecule has 2 heterocycles. The number of hydrogen-bond donors (Lipinski definition) is 1. The van der Waals surface area contributed by atoms with Crippen LogP contribution in [-0.2, 0) is 6.42 Å². The standard InChI is InChI=1S/C14H19N3O/c1-15-14(7-3-2-4-8-14)10-12-17-13-11(18-12)6-5-9-16-13/h5-6,9,15H,2-4,7-8,10H2,1H3. The van der Waals surface area contributed by atoms with Crippen LogP contribution in [-0.4, -0.2) is 22.6 Å². The lowest BCUT2D eigenvalue weighted by atomic mass is 9.79. The van der Waals surface area contributed by atoms with Crippen molar-refractivity contribution in [1.82, 2.24) is 15.3 Å². The summed E-state index contributed by atoms with van der Waals surface area (Å²) >= 11 is 0. The Balaban J connectivity index is 1.85. The Morgan fingerprint density at radius 3 is 2.89 bits per heavy atom. The van der Waals surface area contributed by atoms with Gasteiger partial charge in [-0.15, -0.1) is 0 Å². The van der Waals surface area contributed by atoms with Gasteiger partial charge in [0.25, 0.3) is 0 Å². The summed E-state index contributed by atoms with van der Waals surface area (Å²) in [5.74, 6) is 0.806. The van der Waals surface area contributed by atoms with Crippen LogP contribution in [0.15, 0.2) is 22.7 Å². The van der Waals surface area contributed by atoms with Crippen molar-refractivity contribution in [3.63, 3.8) is 0 Å². The van der Waals surface area contributed by atoms with E-state index in [0.29, 0.717) is 0 Å². The molecule has 0 radical (unpaired) electrons. The van der Waals surface area contributed by atoms with Crippen LogP contribution in [0.3, 0.4) is 0 Å². The number of nitrogens with one attached hydrogen (secondary N) is 1. The minimum absolute atomic E-state index is 0.166. The first-order valence-corrected chi connectivity index (χ1v) is 6.71. The van der Waals surface area contributed by atoms with E-state index in [4.69, 9.17) is 4.42 Å². The number of nitrogens with zero attached hydrogens (tertiary/aromatic N) is 2. The number of aromatic nitrogens is 2. The molecule has 1 aliphatic carbocycles. The summed E-state index contributed by atoms with van der Waals surface area (Å²) in [6.07, 6.45) is 8.95. The summed E-state index contributed by atoms with van der Waals surface area (Å²) in [5.41, 5.74) is 1.67. The van der Waals surface area contributed by atoms with Crippen molar-refractivity contribution in [3.05, 3.63) is 24.2 Å². The molecular formula is C14H19N3O. The van der Waals surface area contributed by atoms with Gasteiger partial charge in [0.15, 0.2) is 17.1 Å². The highest BCUT2D eigenvalue weighted by molar-refractivity contribution is 5.66. The molecule has 4 heteroatoms. The molecular weight excluding hydrogens is 226 g/mol. The Bertz CT molecular complexity index is 496. The highest BCUT2D eigenvalue weighted by Gasteiger charge is 2.32. The summed E-state index contributed by atoms with van der Waals surface area (Å²) in [6, 6.07) is 3.80. The van der Waals surface area contributed by atoms with E-state index in [-0.39, 0.29) is 5.54 Å². The van der Waals surface area contributed by atoms with E-state index >= 15 is 0 Å². The monoisotopic (exact) mass is 245 g/mol. The Morgan fingerprint density at radius 2 is 2.17 bits per heavy atom. The molecule has 2 aromatic rings. The summed E-state index contributed by atoms with van der Waals surface area (Å²) in [6.45, 7) is 0. The van der Waals surface area contributed by atoms with Crippen LogP contribution in [0.4, 0.5) is 0 Å². The average Bonchev–Trinajstić information content (AvgIpc) is 2.81. The van der Waals surface area contributed by atoms with E-state index in [1.807, 2.05) is 19.2 Å². The van der Waals surface area contributed by atoms with Crippen molar-refractivity contribution < 1.29 is 4.42 Å². The summed E-state index contributed by atoms with van der Waals surface area (Å²) < 4.78 is 5.78. The lowest BCUT2D eigenvalue weighted by molar-refractivity contribution is 0.230. The van der Waals surface area contributed by atoms with Gasteiger partial charge in [-0.25, -0.2) is 4.98 Å². The minimum Gasteiger partial charge on any atom is -0.439 e. The number of rotatable bonds is 3. The second kappa shape index (κ2) is 4.69. The maximum Gasteiger partial charge on any atom is 0.198 e. The van der Waals surface area contributed by atoms with Gasteiger partial charge >= 0.3 is 0 Å². The smallest absolute Gasteiger partial charge is 0.198 e. The molecule has 96 valence electrons. The highest BCUT2D eigenvalue weighted by Crippen LogP contribution is 2.31. The molecule has 1 saturated carbocycles.